The Morgan fingerprint density at radius 2 is 2.24 bits per heavy atom. The van der Waals surface area contributed by atoms with Gasteiger partial charge in [-0.05, 0) is 32.8 Å². The first-order valence-electron chi connectivity index (χ1n) is 7.14. The lowest BCUT2D eigenvalue weighted by molar-refractivity contribution is 0.0729. The van der Waals surface area contributed by atoms with Crippen molar-refractivity contribution in [3.8, 4) is 0 Å². The topological polar surface area (TPSA) is 53.9 Å². The Kier molecular flexibility index (Phi) is 3.53. The van der Waals surface area contributed by atoms with Crippen LogP contribution in [0, 0.1) is 13.8 Å². The Morgan fingerprint density at radius 3 is 2.81 bits per heavy atom. The molecule has 0 aliphatic carbocycles. The van der Waals surface area contributed by atoms with Crippen LogP contribution >= 0.6 is 11.6 Å². The Morgan fingerprint density at radius 1 is 1.48 bits per heavy atom. The molecule has 3 heterocycles. The van der Waals surface area contributed by atoms with Crippen molar-refractivity contribution in [3.63, 3.8) is 0 Å². The van der Waals surface area contributed by atoms with E-state index in [-0.39, 0.29) is 11.9 Å². The standard InChI is InChI=1S/C15H19ClN4O/c1-9-14(10(2)19(3)18-9)13-5-4-6-20(13)15(21)12-7-11(16)8-17-12/h7-8,13,17H,4-6H2,1-3H3/t13-/m0/s1. The number of amides is 1. The summed E-state index contributed by atoms with van der Waals surface area (Å²) in [6.45, 7) is 4.84. The molecule has 1 aliphatic rings. The van der Waals surface area contributed by atoms with E-state index in [1.165, 1.54) is 5.56 Å². The van der Waals surface area contributed by atoms with E-state index >= 15 is 0 Å². The fourth-order valence-corrected chi connectivity index (χ4v) is 3.39. The summed E-state index contributed by atoms with van der Waals surface area (Å²) < 4.78 is 1.89. The first-order valence-corrected chi connectivity index (χ1v) is 7.52. The smallest absolute Gasteiger partial charge is 0.270 e. The summed E-state index contributed by atoms with van der Waals surface area (Å²) in [6.07, 6.45) is 3.63. The van der Waals surface area contributed by atoms with Gasteiger partial charge in [-0.15, -0.1) is 0 Å². The fourth-order valence-electron chi connectivity index (χ4n) is 3.23. The van der Waals surface area contributed by atoms with Gasteiger partial charge in [0, 0.05) is 31.0 Å². The van der Waals surface area contributed by atoms with Gasteiger partial charge in [0.1, 0.15) is 5.69 Å². The van der Waals surface area contributed by atoms with Crippen molar-refractivity contribution in [1.82, 2.24) is 19.7 Å². The molecule has 1 N–H and O–H groups in total. The highest BCUT2D eigenvalue weighted by Crippen LogP contribution is 2.36. The number of likely N-dealkylation sites (tertiary alicyclic amines) is 1. The number of carbonyl (C=O) groups excluding carboxylic acids is 1. The zero-order chi connectivity index (χ0) is 15.1. The Hall–Kier alpha value is -1.75. The van der Waals surface area contributed by atoms with E-state index in [9.17, 15) is 4.79 Å². The van der Waals surface area contributed by atoms with Gasteiger partial charge in [0.15, 0.2) is 0 Å². The molecule has 21 heavy (non-hydrogen) atoms. The number of aryl methyl sites for hydroxylation is 2. The maximum atomic E-state index is 12.7. The van der Waals surface area contributed by atoms with Gasteiger partial charge >= 0.3 is 0 Å². The predicted octanol–water partition coefficient (Wildman–Crippen LogP) is 3.00. The van der Waals surface area contributed by atoms with Crippen LogP contribution in [-0.2, 0) is 7.05 Å². The number of rotatable bonds is 2. The second-order valence-corrected chi connectivity index (χ2v) is 6.03. The monoisotopic (exact) mass is 306 g/mol. The largest absolute Gasteiger partial charge is 0.356 e. The molecule has 0 radical (unpaired) electrons. The molecular formula is C15H19ClN4O. The number of nitrogens with one attached hydrogen (secondary N) is 1. The van der Waals surface area contributed by atoms with Gasteiger partial charge in [-0.3, -0.25) is 9.48 Å². The van der Waals surface area contributed by atoms with Crippen LogP contribution in [0.15, 0.2) is 12.3 Å². The van der Waals surface area contributed by atoms with Gasteiger partial charge in [0.25, 0.3) is 5.91 Å². The van der Waals surface area contributed by atoms with Crippen molar-refractivity contribution in [3.05, 3.63) is 39.9 Å². The molecule has 0 bridgehead atoms. The zero-order valence-electron chi connectivity index (χ0n) is 12.5. The number of carbonyl (C=O) groups is 1. The van der Waals surface area contributed by atoms with Gasteiger partial charge in [0.2, 0.25) is 0 Å². The highest BCUT2D eigenvalue weighted by molar-refractivity contribution is 6.30. The van der Waals surface area contributed by atoms with Crippen molar-refractivity contribution in [1.29, 1.82) is 0 Å². The molecule has 1 aliphatic heterocycles. The summed E-state index contributed by atoms with van der Waals surface area (Å²) in [6, 6.07) is 1.79. The molecule has 2 aromatic rings. The van der Waals surface area contributed by atoms with Crippen LogP contribution < -0.4 is 0 Å². The average molecular weight is 307 g/mol. The maximum absolute atomic E-state index is 12.7. The molecule has 0 spiro atoms. The maximum Gasteiger partial charge on any atom is 0.270 e. The summed E-state index contributed by atoms with van der Waals surface area (Å²) in [5, 5.41) is 5.03. The molecule has 112 valence electrons. The summed E-state index contributed by atoms with van der Waals surface area (Å²) >= 11 is 5.90. The van der Waals surface area contributed by atoms with Crippen LogP contribution in [-0.4, -0.2) is 32.1 Å². The molecule has 1 fully saturated rings. The van der Waals surface area contributed by atoms with Crippen LogP contribution in [0.4, 0.5) is 0 Å². The van der Waals surface area contributed by atoms with Gasteiger partial charge in [-0.25, -0.2) is 0 Å². The quantitative estimate of drug-likeness (QED) is 0.927. The van der Waals surface area contributed by atoms with Gasteiger partial charge < -0.3 is 9.88 Å². The first-order chi connectivity index (χ1) is 9.99. The molecule has 0 unspecified atom stereocenters. The number of nitrogens with zero attached hydrogens (tertiary/aromatic N) is 3. The second kappa shape index (κ2) is 5.22. The Balaban J connectivity index is 1.94. The van der Waals surface area contributed by atoms with Crippen LogP contribution in [0.2, 0.25) is 5.02 Å². The van der Waals surface area contributed by atoms with E-state index in [0.717, 1.165) is 30.8 Å². The minimum Gasteiger partial charge on any atom is -0.356 e. The molecule has 2 aromatic heterocycles. The van der Waals surface area contributed by atoms with E-state index in [1.807, 2.05) is 23.6 Å². The molecule has 1 saturated heterocycles. The Bertz CT molecular complexity index is 688. The third-order valence-corrected chi connectivity index (χ3v) is 4.51. The number of aromatic amines is 1. The van der Waals surface area contributed by atoms with E-state index in [0.29, 0.717) is 10.7 Å². The lowest BCUT2D eigenvalue weighted by Crippen LogP contribution is -2.31. The second-order valence-electron chi connectivity index (χ2n) is 5.60. The lowest BCUT2D eigenvalue weighted by Gasteiger charge is -2.25. The summed E-state index contributed by atoms with van der Waals surface area (Å²) in [5.41, 5.74) is 3.86. The molecule has 1 atom stereocenters. The summed E-state index contributed by atoms with van der Waals surface area (Å²) in [4.78, 5) is 17.6. The average Bonchev–Trinajstić information content (AvgIpc) is 3.11. The number of H-pyrrole nitrogens is 1. The van der Waals surface area contributed by atoms with Gasteiger partial charge in [0.05, 0.1) is 16.8 Å². The van der Waals surface area contributed by atoms with Crippen molar-refractivity contribution in [2.45, 2.75) is 32.7 Å². The van der Waals surface area contributed by atoms with Crippen molar-refractivity contribution in [2.75, 3.05) is 6.54 Å². The number of aromatic nitrogens is 3. The van der Waals surface area contributed by atoms with Crippen molar-refractivity contribution >= 4 is 17.5 Å². The molecule has 6 heteroatoms. The number of hydrogen-bond acceptors (Lipinski definition) is 2. The van der Waals surface area contributed by atoms with Gasteiger partial charge in [-0.1, -0.05) is 11.6 Å². The SMILES string of the molecule is Cc1nn(C)c(C)c1[C@@H]1CCCN1C(=O)c1cc(Cl)c[nH]1. The van der Waals surface area contributed by atoms with Crippen LogP contribution in [0.25, 0.3) is 0 Å². The highest BCUT2D eigenvalue weighted by Gasteiger charge is 2.34. The summed E-state index contributed by atoms with van der Waals surface area (Å²) in [7, 11) is 1.94. The molecular weight excluding hydrogens is 288 g/mol. The number of halogens is 1. The highest BCUT2D eigenvalue weighted by atomic mass is 35.5. The van der Waals surface area contributed by atoms with Crippen LogP contribution in [0.3, 0.4) is 0 Å². The minimum absolute atomic E-state index is 0.00653. The van der Waals surface area contributed by atoms with E-state index in [4.69, 9.17) is 11.6 Å². The summed E-state index contributed by atoms with van der Waals surface area (Å²) in [5.74, 6) is 0.00653. The van der Waals surface area contributed by atoms with Crippen molar-refractivity contribution < 1.29 is 4.79 Å². The van der Waals surface area contributed by atoms with Crippen molar-refractivity contribution in [2.24, 2.45) is 7.05 Å². The van der Waals surface area contributed by atoms with E-state index in [1.54, 1.807) is 12.3 Å². The third-order valence-electron chi connectivity index (χ3n) is 4.29. The van der Waals surface area contributed by atoms with E-state index < -0.39 is 0 Å². The molecule has 5 nitrogen and oxygen atoms in total. The van der Waals surface area contributed by atoms with Crippen LogP contribution in [0.5, 0.6) is 0 Å². The first kappa shape index (κ1) is 14.2. The normalized spacial score (nSPS) is 18.5. The predicted molar refractivity (Wildman–Crippen MR) is 81.5 cm³/mol. The zero-order valence-corrected chi connectivity index (χ0v) is 13.2. The van der Waals surface area contributed by atoms with Crippen LogP contribution in [0.1, 0.15) is 46.3 Å². The fraction of sp³-hybridized carbons (Fsp3) is 0.467. The molecule has 0 aromatic carbocycles. The molecule has 1 amide bonds. The third kappa shape index (κ3) is 2.35. The Labute approximate surface area is 128 Å². The molecule has 0 saturated carbocycles. The van der Waals surface area contributed by atoms with E-state index in [2.05, 4.69) is 17.0 Å². The minimum atomic E-state index is 0.00653. The lowest BCUT2D eigenvalue weighted by atomic mass is 10.0. The van der Waals surface area contributed by atoms with Gasteiger partial charge in [-0.2, -0.15) is 5.10 Å². The molecule has 3 rings (SSSR count). The number of hydrogen-bond donors (Lipinski definition) is 1.